The summed E-state index contributed by atoms with van der Waals surface area (Å²) >= 11 is 1.59. The number of ether oxygens (including phenoxy) is 1. The van der Waals surface area contributed by atoms with Crippen LogP contribution < -0.4 is 10.6 Å². The summed E-state index contributed by atoms with van der Waals surface area (Å²) in [7, 11) is 1.74. The summed E-state index contributed by atoms with van der Waals surface area (Å²) in [4.78, 5) is 14.2. The van der Waals surface area contributed by atoms with Gasteiger partial charge in [-0.05, 0) is 43.6 Å². The monoisotopic (exact) mass is 420 g/mol. The average Bonchev–Trinajstić information content (AvgIpc) is 2.73. The van der Waals surface area contributed by atoms with E-state index >= 15 is 0 Å². The molecule has 2 aromatic carbocycles. The van der Waals surface area contributed by atoms with Crippen LogP contribution >= 0.6 is 24.2 Å². The highest BCUT2D eigenvalue weighted by Crippen LogP contribution is 2.36. The van der Waals surface area contributed by atoms with E-state index in [4.69, 9.17) is 4.74 Å². The fourth-order valence-corrected chi connectivity index (χ4v) is 4.61. The Kier molecular flexibility index (Phi) is 9.32. The number of carbonyl (C=O) groups is 1. The van der Waals surface area contributed by atoms with Crippen LogP contribution in [0.1, 0.15) is 23.7 Å². The first-order chi connectivity index (χ1) is 13.2. The second-order valence-electron chi connectivity index (χ2n) is 7.12. The van der Waals surface area contributed by atoms with Gasteiger partial charge >= 0.3 is 0 Å². The number of thioether (sulfide) groups is 1. The summed E-state index contributed by atoms with van der Waals surface area (Å²) in [5.41, 5.74) is 1.05. The molecule has 1 atom stereocenters. The smallest absolute Gasteiger partial charge is 0.238 e. The average molecular weight is 421 g/mol. The summed E-state index contributed by atoms with van der Waals surface area (Å²) in [5, 5.41) is 6.36. The van der Waals surface area contributed by atoms with Crippen LogP contribution in [-0.2, 0) is 9.53 Å². The zero-order valence-corrected chi connectivity index (χ0v) is 17.9. The molecular weight excluding hydrogens is 392 g/mol. The third kappa shape index (κ3) is 6.24. The minimum Gasteiger partial charge on any atom is -0.384 e. The molecular formula is C22H29ClN2O2S. The van der Waals surface area contributed by atoms with Crippen LogP contribution in [0.2, 0.25) is 0 Å². The van der Waals surface area contributed by atoms with Crippen LogP contribution in [0.4, 0.5) is 0 Å². The summed E-state index contributed by atoms with van der Waals surface area (Å²) in [6.45, 7) is 3.27. The van der Waals surface area contributed by atoms with Gasteiger partial charge in [-0.25, -0.2) is 0 Å². The molecule has 6 heteroatoms. The van der Waals surface area contributed by atoms with Crippen molar-refractivity contribution in [1.82, 2.24) is 10.6 Å². The highest BCUT2D eigenvalue weighted by Gasteiger charge is 2.33. The molecule has 1 unspecified atom stereocenters. The molecule has 2 aromatic rings. The van der Waals surface area contributed by atoms with E-state index in [0.717, 1.165) is 36.4 Å². The normalized spacial score (nSPS) is 16.6. The maximum atomic E-state index is 13.1. The highest BCUT2D eigenvalue weighted by atomic mass is 35.5. The van der Waals surface area contributed by atoms with E-state index < -0.39 is 0 Å². The third-order valence-corrected chi connectivity index (χ3v) is 6.36. The molecule has 1 fully saturated rings. The molecule has 0 aliphatic carbocycles. The van der Waals surface area contributed by atoms with Gasteiger partial charge in [0.25, 0.3) is 0 Å². The fourth-order valence-electron chi connectivity index (χ4n) is 3.54. The first-order valence-corrected chi connectivity index (χ1v) is 10.3. The molecule has 0 spiro atoms. The number of piperidine rings is 1. The molecule has 1 amide bonds. The number of rotatable bonds is 8. The van der Waals surface area contributed by atoms with Crippen LogP contribution in [0.25, 0.3) is 0 Å². The Labute approximate surface area is 178 Å². The lowest BCUT2D eigenvalue weighted by molar-refractivity contribution is -0.121. The van der Waals surface area contributed by atoms with E-state index in [9.17, 15) is 4.79 Å². The summed E-state index contributed by atoms with van der Waals surface area (Å²) in [5.74, 6) is 0.0593. The SMILES string of the molecule is COCC1(CNC(=O)C(Sc2ccccc2)c2ccccc2)CCNCC1.Cl. The third-order valence-electron chi connectivity index (χ3n) is 5.09. The molecule has 1 saturated heterocycles. The minimum atomic E-state index is -0.269. The van der Waals surface area contributed by atoms with Crippen LogP contribution in [0.15, 0.2) is 65.6 Å². The molecule has 1 aliphatic rings. The van der Waals surface area contributed by atoms with Gasteiger partial charge in [0.05, 0.1) is 6.61 Å². The molecule has 3 rings (SSSR count). The van der Waals surface area contributed by atoms with Crippen LogP contribution in [0.5, 0.6) is 0 Å². The van der Waals surface area contributed by atoms with E-state index in [1.165, 1.54) is 0 Å². The van der Waals surface area contributed by atoms with E-state index in [2.05, 4.69) is 10.6 Å². The van der Waals surface area contributed by atoms with Gasteiger partial charge < -0.3 is 15.4 Å². The zero-order chi connectivity index (χ0) is 19.0. The Bertz CT molecular complexity index is 703. The molecule has 2 N–H and O–H groups in total. The van der Waals surface area contributed by atoms with E-state index in [0.29, 0.717) is 13.2 Å². The predicted octanol–water partition coefficient (Wildman–Crippen LogP) is 4.07. The molecule has 28 heavy (non-hydrogen) atoms. The zero-order valence-electron chi connectivity index (χ0n) is 16.2. The van der Waals surface area contributed by atoms with Crippen molar-refractivity contribution < 1.29 is 9.53 Å². The Morgan fingerprint density at radius 3 is 2.32 bits per heavy atom. The second-order valence-corrected chi connectivity index (χ2v) is 8.30. The number of methoxy groups -OCH3 is 1. The number of benzene rings is 2. The Morgan fingerprint density at radius 1 is 1.11 bits per heavy atom. The fraction of sp³-hybridized carbons (Fsp3) is 0.409. The van der Waals surface area contributed by atoms with Crippen molar-refractivity contribution in [2.24, 2.45) is 5.41 Å². The maximum Gasteiger partial charge on any atom is 0.238 e. The number of hydrogen-bond acceptors (Lipinski definition) is 4. The first kappa shape index (κ1) is 22.8. The van der Waals surface area contributed by atoms with Gasteiger partial charge in [0, 0.05) is 24.0 Å². The van der Waals surface area contributed by atoms with Crippen molar-refractivity contribution in [2.45, 2.75) is 23.0 Å². The van der Waals surface area contributed by atoms with E-state index in [1.54, 1.807) is 18.9 Å². The topological polar surface area (TPSA) is 50.4 Å². The van der Waals surface area contributed by atoms with Crippen molar-refractivity contribution in [1.29, 1.82) is 0 Å². The number of nitrogens with one attached hydrogen (secondary N) is 2. The molecule has 1 aliphatic heterocycles. The maximum absolute atomic E-state index is 13.1. The van der Waals surface area contributed by atoms with Gasteiger partial charge in [0.1, 0.15) is 5.25 Å². The lowest BCUT2D eigenvalue weighted by atomic mass is 9.79. The molecule has 0 saturated carbocycles. The summed E-state index contributed by atoms with van der Waals surface area (Å²) in [6.07, 6.45) is 2.03. The van der Waals surface area contributed by atoms with Crippen molar-refractivity contribution in [2.75, 3.05) is 33.4 Å². The second kappa shape index (κ2) is 11.5. The molecule has 0 aromatic heterocycles. The van der Waals surface area contributed by atoms with Gasteiger partial charge in [-0.15, -0.1) is 24.2 Å². The Balaban J connectivity index is 0.00000280. The first-order valence-electron chi connectivity index (χ1n) is 9.46. The van der Waals surface area contributed by atoms with Crippen LogP contribution in [0, 0.1) is 5.41 Å². The quantitative estimate of drug-likeness (QED) is 0.632. The Morgan fingerprint density at radius 2 is 1.71 bits per heavy atom. The summed E-state index contributed by atoms with van der Waals surface area (Å²) in [6, 6.07) is 20.1. The minimum absolute atomic E-state index is 0. The van der Waals surface area contributed by atoms with Gasteiger partial charge in [0.15, 0.2) is 0 Å². The molecule has 0 bridgehead atoms. The van der Waals surface area contributed by atoms with Crippen molar-refractivity contribution in [3.63, 3.8) is 0 Å². The van der Waals surface area contributed by atoms with Gasteiger partial charge in [0.2, 0.25) is 5.91 Å². The standard InChI is InChI=1S/C22H28N2O2S.ClH/c1-26-17-22(12-14-23-15-13-22)16-24-21(25)20(18-8-4-2-5-9-18)27-19-10-6-3-7-11-19;/h2-11,20,23H,12-17H2,1H3,(H,24,25);1H. The molecule has 152 valence electrons. The van der Waals surface area contributed by atoms with Gasteiger partial charge in [-0.3, -0.25) is 4.79 Å². The lowest BCUT2D eigenvalue weighted by Crippen LogP contribution is -2.47. The molecule has 1 heterocycles. The largest absolute Gasteiger partial charge is 0.384 e. The number of hydrogen-bond donors (Lipinski definition) is 2. The number of carbonyl (C=O) groups excluding carboxylic acids is 1. The number of halogens is 1. The van der Waals surface area contributed by atoms with Gasteiger partial charge in [-0.2, -0.15) is 0 Å². The highest BCUT2D eigenvalue weighted by molar-refractivity contribution is 8.00. The predicted molar refractivity (Wildman–Crippen MR) is 118 cm³/mol. The summed E-state index contributed by atoms with van der Waals surface area (Å²) < 4.78 is 5.47. The van der Waals surface area contributed by atoms with E-state index in [-0.39, 0.29) is 29.0 Å². The van der Waals surface area contributed by atoms with Crippen molar-refractivity contribution in [3.05, 3.63) is 66.2 Å². The van der Waals surface area contributed by atoms with E-state index in [1.807, 2.05) is 60.7 Å². The molecule has 0 radical (unpaired) electrons. The van der Waals surface area contributed by atoms with Crippen LogP contribution in [0.3, 0.4) is 0 Å². The van der Waals surface area contributed by atoms with Gasteiger partial charge in [-0.1, -0.05) is 48.5 Å². The number of amides is 1. The van der Waals surface area contributed by atoms with Crippen molar-refractivity contribution in [3.8, 4) is 0 Å². The molecule has 4 nitrogen and oxygen atoms in total. The van der Waals surface area contributed by atoms with Crippen LogP contribution in [-0.4, -0.2) is 39.3 Å². The van der Waals surface area contributed by atoms with Crippen molar-refractivity contribution >= 4 is 30.1 Å². The lowest BCUT2D eigenvalue weighted by Gasteiger charge is -2.37. The Hall–Kier alpha value is -1.53.